The van der Waals surface area contributed by atoms with Crippen LogP contribution in [0, 0.1) is 0 Å². The van der Waals surface area contributed by atoms with Crippen LogP contribution in [0.15, 0.2) is 29.7 Å². The van der Waals surface area contributed by atoms with Crippen LogP contribution in [0.1, 0.15) is 40.2 Å². The Morgan fingerprint density at radius 2 is 1.74 bits per heavy atom. The molecule has 0 atom stereocenters. The van der Waals surface area contributed by atoms with Crippen molar-refractivity contribution in [2.24, 2.45) is 0 Å². The number of benzene rings is 1. The summed E-state index contributed by atoms with van der Waals surface area (Å²) in [5.41, 5.74) is 1.49. The van der Waals surface area contributed by atoms with Gasteiger partial charge in [0.15, 0.2) is 0 Å². The van der Waals surface area contributed by atoms with E-state index < -0.39 is 0 Å². The molecular formula is C15H20BClO2. The minimum Gasteiger partial charge on any atom is -0.400 e. The number of halogens is 1. The van der Waals surface area contributed by atoms with Crippen molar-refractivity contribution in [2.75, 3.05) is 0 Å². The first kappa shape index (κ1) is 14.6. The zero-order chi connectivity index (χ0) is 14.3. The lowest BCUT2D eigenvalue weighted by atomic mass is 9.78. The number of allylic oxidation sites excluding steroid dienone is 1. The molecule has 1 fully saturated rings. The molecule has 1 aliphatic heterocycles. The van der Waals surface area contributed by atoms with E-state index in [0.717, 1.165) is 16.1 Å². The Morgan fingerprint density at radius 3 is 2.26 bits per heavy atom. The zero-order valence-corrected chi connectivity index (χ0v) is 12.9. The first-order valence-electron chi connectivity index (χ1n) is 6.51. The third-order valence-corrected chi connectivity index (χ3v) is 4.10. The molecule has 2 nitrogen and oxygen atoms in total. The Hall–Kier alpha value is -0.765. The molecule has 2 rings (SSSR count). The van der Waals surface area contributed by atoms with Gasteiger partial charge in [-0.2, -0.15) is 0 Å². The van der Waals surface area contributed by atoms with Crippen LogP contribution in [0.2, 0.25) is 5.02 Å². The van der Waals surface area contributed by atoms with E-state index >= 15 is 0 Å². The Labute approximate surface area is 120 Å². The van der Waals surface area contributed by atoms with Crippen molar-refractivity contribution in [3.63, 3.8) is 0 Å². The van der Waals surface area contributed by atoms with Crippen LogP contribution in [-0.4, -0.2) is 18.3 Å². The standard InChI is InChI=1S/C15H20BClO2/c1-11(9-12-7-6-8-13(17)10-12)16-18-14(2,3)15(4,5)19-16/h6-10H,1-5H3/b11-9+. The molecule has 1 aliphatic rings. The zero-order valence-electron chi connectivity index (χ0n) is 12.2. The van der Waals surface area contributed by atoms with E-state index in [9.17, 15) is 0 Å². The Morgan fingerprint density at radius 1 is 1.16 bits per heavy atom. The molecule has 4 heteroatoms. The molecule has 0 aliphatic carbocycles. The highest BCUT2D eigenvalue weighted by molar-refractivity contribution is 6.55. The summed E-state index contributed by atoms with van der Waals surface area (Å²) < 4.78 is 12.0. The van der Waals surface area contributed by atoms with Crippen LogP contribution in [-0.2, 0) is 9.31 Å². The second-order valence-electron chi connectivity index (χ2n) is 6.03. The van der Waals surface area contributed by atoms with Gasteiger partial charge in [0.05, 0.1) is 11.2 Å². The highest BCUT2D eigenvalue weighted by Gasteiger charge is 2.51. The molecular weight excluding hydrogens is 258 g/mol. The predicted molar refractivity (Wildman–Crippen MR) is 81.2 cm³/mol. The number of hydrogen-bond acceptors (Lipinski definition) is 2. The van der Waals surface area contributed by atoms with Gasteiger partial charge in [-0.05, 0) is 57.8 Å². The summed E-state index contributed by atoms with van der Waals surface area (Å²) in [6, 6.07) is 7.74. The van der Waals surface area contributed by atoms with Crippen molar-refractivity contribution in [3.8, 4) is 0 Å². The van der Waals surface area contributed by atoms with Crippen molar-refractivity contribution >= 4 is 24.8 Å². The van der Waals surface area contributed by atoms with E-state index in [0.29, 0.717) is 0 Å². The molecule has 0 aromatic heterocycles. The van der Waals surface area contributed by atoms with Crippen LogP contribution in [0.25, 0.3) is 6.08 Å². The molecule has 1 aromatic rings. The molecule has 1 saturated heterocycles. The largest absolute Gasteiger partial charge is 0.490 e. The fourth-order valence-corrected chi connectivity index (χ4v) is 2.15. The average molecular weight is 279 g/mol. The molecule has 1 aromatic carbocycles. The predicted octanol–water partition coefficient (Wildman–Crippen LogP) is 4.37. The van der Waals surface area contributed by atoms with Crippen LogP contribution >= 0.6 is 11.6 Å². The summed E-state index contributed by atoms with van der Waals surface area (Å²) in [6.45, 7) is 10.2. The summed E-state index contributed by atoms with van der Waals surface area (Å²) >= 11 is 5.99. The third kappa shape index (κ3) is 3.05. The van der Waals surface area contributed by atoms with Gasteiger partial charge in [0.25, 0.3) is 0 Å². The van der Waals surface area contributed by atoms with Crippen LogP contribution < -0.4 is 0 Å². The van der Waals surface area contributed by atoms with Gasteiger partial charge in [-0.3, -0.25) is 0 Å². The van der Waals surface area contributed by atoms with Gasteiger partial charge in [-0.25, -0.2) is 0 Å². The lowest BCUT2D eigenvalue weighted by Gasteiger charge is -2.32. The molecule has 1 heterocycles. The summed E-state index contributed by atoms with van der Waals surface area (Å²) in [4.78, 5) is 0. The van der Waals surface area contributed by atoms with Crippen LogP contribution in [0.5, 0.6) is 0 Å². The fourth-order valence-electron chi connectivity index (χ4n) is 1.96. The van der Waals surface area contributed by atoms with Crippen LogP contribution in [0.4, 0.5) is 0 Å². The average Bonchev–Trinajstić information content (AvgIpc) is 2.48. The first-order valence-corrected chi connectivity index (χ1v) is 6.88. The minimum atomic E-state index is -0.304. The van der Waals surface area contributed by atoms with E-state index in [2.05, 4.69) is 27.7 Å². The second kappa shape index (κ2) is 4.97. The molecule has 19 heavy (non-hydrogen) atoms. The quantitative estimate of drug-likeness (QED) is 0.748. The molecule has 0 saturated carbocycles. The van der Waals surface area contributed by atoms with Crippen molar-refractivity contribution < 1.29 is 9.31 Å². The molecule has 102 valence electrons. The topological polar surface area (TPSA) is 18.5 Å². The molecule has 0 bridgehead atoms. The summed E-state index contributed by atoms with van der Waals surface area (Å²) in [6.07, 6.45) is 2.05. The lowest BCUT2D eigenvalue weighted by Crippen LogP contribution is -2.41. The van der Waals surface area contributed by atoms with Gasteiger partial charge in [0, 0.05) is 5.02 Å². The summed E-state index contributed by atoms with van der Waals surface area (Å²) in [5.74, 6) is 0. The third-order valence-electron chi connectivity index (χ3n) is 3.87. The maximum atomic E-state index is 6.00. The fraction of sp³-hybridized carbons (Fsp3) is 0.467. The molecule has 0 radical (unpaired) electrons. The van der Waals surface area contributed by atoms with Crippen molar-refractivity contribution in [2.45, 2.75) is 45.8 Å². The highest BCUT2D eigenvalue weighted by Crippen LogP contribution is 2.38. The normalized spacial score (nSPS) is 21.8. The molecule has 0 spiro atoms. The second-order valence-corrected chi connectivity index (χ2v) is 6.47. The van der Waals surface area contributed by atoms with Crippen molar-refractivity contribution in [1.29, 1.82) is 0 Å². The van der Waals surface area contributed by atoms with Crippen molar-refractivity contribution in [3.05, 3.63) is 40.3 Å². The highest BCUT2D eigenvalue weighted by atomic mass is 35.5. The maximum Gasteiger partial charge on any atom is 0.490 e. The Bertz CT molecular complexity index is 493. The van der Waals surface area contributed by atoms with E-state index in [-0.39, 0.29) is 18.3 Å². The smallest absolute Gasteiger partial charge is 0.400 e. The Kier molecular flexibility index (Phi) is 3.83. The maximum absolute atomic E-state index is 6.00. The van der Waals surface area contributed by atoms with Gasteiger partial charge in [0.2, 0.25) is 0 Å². The minimum absolute atomic E-state index is 0.302. The summed E-state index contributed by atoms with van der Waals surface area (Å²) in [5, 5.41) is 0.732. The van der Waals surface area contributed by atoms with E-state index in [4.69, 9.17) is 20.9 Å². The van der Waals surface area contributed by atoms with E-state index in [1.165, 1.54) is 0 Å². The molecule has 0 unspecified atom stereocenters. The van der Waals surface area contributed by atoms with Gasteiger partial charge in [-0.1, -0.05) is 29.8 Å². The molecule has 0 N–H and O–H groups in total. The lowest BCUT2D eigenvalue weighted by molar-refractivity contribution is 0.00578. The van der Waals surface area contributed by atoms with Gasteiger partial charge in [-0.15, -0.1) is 0 Å². The number of hydrogen-bond donors (Lipinski definition) is 0. The summed E-state index contributed by atoms with van der Waals surface area (Å²) in [7, 11) is -0.302. The Balaban J connectivity index is 2.20. The SMILES string of the molecule is C/C(=C\c1cccc(Cl)c1)B1OC(C)(C)C(C)(C)O1. The molecule has 0 amide bonds. The van der Waals surface area contributed by atoms with Gasteiger partial charge >= 0.3 is 7.12 Å². The van der Waals surface area contributed by atoms with Gasteiger partial charge in [0.1, 0.15) is 0 Å². The van der Waals surface area contributed by atoms with E-state index in [1.54, 1.807) is 0 Å². The van der Waals surface area contributed by atoms with Gasteiger partial charge < -0.3 is 9.31 Å². The van der Waals surface area contributed by atoms with E-state index in [1.807, 2.05) is 37.3 Å². The first-order chi connectivity index (χ1) is 8.71. The monoisotopic (exact) mass is 278 g/mol. The van der Waals surface area contributed by atoms with Crippen LogP contribution in [0.3, 0.4) is 0 Å². The number of rotatable bonds is 2. The van der Waals surface area contributed by atoms with Crippen molar-refractivity contribution in [1.82, 2.24) is 0 Å².